The number of carboxylic acid groups (broad SMARTS) is 5. The summed E-state index contributed by atoms with van der Waals surface area (Å²) in [6.45, 7) is 0. The number of aliphatic hydroxyl groups excluding tert-OH is 2. The zero-order valence-corrected chi connectivity index (χ0v) is 12.8. The van der Waals surface area contributed by atoms with Crippen LogP contribution in [0.5, 0.6) is 0 Å². The lowest BCUT2D eigenvalue weighted by Gasteiger charge is -2.13. The molecule has 0 aliphatic rings. The van der Waals surface area contributed by atoms with Crippen LogP contribution in [0, 0.1) is 0 Å². The summed E-state index contributed by atoms with van der Waals surface area (Å²) < 4.78 is 4.15. The van der Waals surface area contributed by atoms with Crippen molar-refractivity contribution in [3.05, 3.63) is 0 Å². The van der Waals surface area contributed by atoms with E-state index >= 15 is 0 Å². The quantitative estimate of drug-likeness (QED) is 0.188. The highest BCUT2D eigenvalue weighted by Gasteiger charge is 2.29. The normalized spacial score (nSPS) is 13.2. The average molecular weight is 384 g/mol. The van der Waals surface area contributed by atoms with Gasteiger partial charge in [0.1, 0.15) is 0 Å². The maximum atomic E-state index is 11.0. The minimum Gasteiger partial charge on any atom is -0.481 e. The predicted octanol–water partition coefficient (Wildman–Crippen LogP) is -2.80. The van der Waals surface area contributed by atoms with Crippen molar-refractivity contribution in [1.82, 2.24) is 0 Å². The van der Waals surface area contributed by atoms with Gasteiger partial charge in [0.25, 0.3) is 0 Å². The minimum absolute atomic E-state index is 0.755. The molecule has 26 heavy (non-hydrogen) atoms. The fourth-order valence-electron chi connectivity index (χ4n) is 1.06. The van der Waals surface area contributed by atoms with Crippen LogP contribution in [0.4, 0.5) is 0 Å². The second-order valence-corrected chi connectivity index (χ2v) is 4.43. The van der Waals surface area contributed by atoms with Gasteiger partial charge in [-0.05, 0) is 0 Å². The molecule has 0 heterocycles. The highest BCUT2D eigenvalue weighted by Crippen LogP contribution is 2.04. The molecule has 14 nitrogen and oxygen atoms in total. The largest absolute Gasteiger partial charge is 0.481 e. The van der Waals surface area contributed by atoms with Crippen molar-refractivity contribution in [3.63, 3.8) is 0 Å². The highest BCUT2D eigenvalue weighted by molar-refractivity contribution is 5.85. The molecule has 0 amide bonds. The van der Waals surface area contributed by atoms with Crippen LogP contribution in [0.2, 0.25) is 0 Å². The monoisotopic (exact) mass is 384 g/mol. The molecule has 0 aromatic heterocycles. The van der Waals surface area contributed by atoms with Crippen LogP contribution < -0.4 is 0 Å². The van der Waals surface area contributed by atoms with E-state index in [4.69, 9.17) is 35.7 Å². The molecule has 7 N–H and O–H groups in total. The molecule has 148 valence electrons. The second kappa shape index (κ2) is 12.2. The van der Waals surface area contributed by atoms with Crippen LogP contribution in [0.25, 0.3) is 0 Å². The minimum atomic E-state index is -2.04. The van der Waals surface area contributed by atoms with Crippen molar-refractivity contribution < 1.29 is 69.2 Å². The number of hydrogen-bond acceptors (Lipinski definition) is 9. The van der Waals surface area contributed by atoms with Crippen LogP contribution in [0.15, 0.2) is 0 Å². The molecule has 0 spiro atoms. The van der Waals surface area contributed by atoms with Crippen LogP contribution in [0.3, 0.4) is 0 Å². The molecule has 0 aliphatic heterocycles. The Morgan fingerprint density at radius 2 is 1.00 bits per heavy atom. The van der Waals surface area contributed by atoms with E-state index in [1.165, 1.54) is 0 Å². The molecule has 0 fully saturated rings. The van der Waals surface area contributed by atoms with Crippen molar-refractivity contribution in [1.29, 1.82) is 0 Å². The lowest BCUT2D eigenvalue weighted by atomic mass is 10.2. The van der Waals surface area contributed by atoms with Gasteiger partial charge in [0, 0.05) is 0 Å². The van der Waals surface area contributed by atoms with Gasteiger partial charge in [-0.2, -0.15) is 0 Å². The molecule has 0 aromatic rings. The Morgan fingerprint density at radius 1 is 0.615 bits per heavy atom. The lowest BCUT2D eigenvalue weighted by Crippen LogP contribution is -2.35. The maximum Gasteiger partial charge on any atom is 0.345 e. The smallest absolute Gasteiger partial charge is 0.345 e. The molecule has 3 atom stereocenters. The van der Waals surface area contributed by atoms with E-state index in [1.807, 2.05) is 0 Å². The summed E-state index contributed by atoms with van der Waals surface area (Å²) in [6.07, 6.45) is -8.50. The summed E-state index contributed by atoms with van der Waals surface area (Å²) >= 11 is 0. The van der Waals surface area contributed by atoms with Gasteiger partial charge in [-0.25, -0.2) is 14.4 Å². The number of carbonyl (C=O) groups is 6. The van der Waals surface area contributed by atoms with Crippen LogP contribution >= 0.6 is 0 Å². The number of aliphatic carboxylic acids is 5. The summed E-state index contributed by atoms with van der Waals surface area (Å²) in [6, 6.07) is 0. The first-order valence-electron chi connectivity index (χ1n) is 6.45. The van der Waals surface area contributed by atoms with Crippen molar-refractivity contribution in [3.8, 4) is 0 Å². The van der Waals surface area contributed by atoms with Gasteiger partial charge in [-0.1, -0.05) is 0 Å². The standard InChI is InChI=1S/C8H10O9.C4H6O5/c9-3(1-5(10)11)8(16)17-4(7(14)15)2-6(12)13;5-2(4(8)9)1-3(6)7/h3-4,9H,1-2H2,(H,10,11)(H,12,13)(H,14,15);2,5H,1H2,(H,6,7)(H,8,9). The molecule has 0 aromatic carbocycles. The summed E-state index contributed by atoms with van der Waals surface area (Å²) in [4.78, 5) is 61.2. The number of carbonyl (C=O) groups excluding carboxylic acids is 1. The topological polar surface area (TPSA) is 253 Å². The zero-order chi connectivity index (χ0) is 21.0. The molecule has 0 aliphatic carbocycles. The molecule has 14 heteroatoms. The van der Waals surface area contributed by atoms with Gasteiger partial charge < -0.3 is 40.5 Å². The Bertz CT molecular complexity index is 552. The highest BCUT2D eigenvalue weighted by atomic mass is 16.6. The Morgan fingerprint density at radius 3 is 1.27 bits per heavy atom. The maximum absolute atomic E-state index is 11.0. The van der Waals surface area contributed by atoms with Crippen LogP contribution in [-0.4, -0.2) is 89.9 Å². The van der Waals surface area contributed by atoms with E-state index < -0.39 is 73.4 Å². The van der Waals surface area contributed by atoms with E-state index in [-0.39, 0.29) is 0 Å². The Labute approximate surface area is 143 Å². The first-order chi connectivity index (χ1) is 11.8. The second-order valence-electron chi connectivity index (χ2n) is 4.43. The fraction of sp³-hybridized carbons (Fsp3) is 0.500. The van der Waals surface area contributed by atoms with E-state index in [1.54, 1.807) is 0 Å². The molecule has 0 saturated carbocycles. The summed E-state index contributed by atoms with van der Waals surface area (Å²) in [5.41, 5.74) is 0. The number of hydrogen-bond donors (Lipinski definition) is 7. The van der Waals surface area contributed by atoms with Gasteiger partial charge >= 0.3 is 35.8 Å². The van der Waals surface area contributed by atoms with Gasteiger partial charge in [0.2, 0.25) is 6.10 Å². The summed E-state index contributed by atoms with van der Waals surface area (Å²) in [5, 5.41) is 58.2. The number of aliphatic hydroxyl groups is 2. The fourth-order valence-corrected chi connectivity index (χ4v) is 1.06. The average Bonchev–Trinajstić information content (AvgIpc) is 2.44. The number of esters is 1. The molecular weight excluding hydrogens is 368 g/mol. The third-order valence-corrected chi connectivity index (χ3v) is 2.19. The summed E-state index contributed by atoms with van der Waals surface area (Å²) in [7, 11) is 0. The number of ether oxygens (including phenoxy) is 1. The molecule has 0 saturated heterocycles. The molecule has 0 rings (SSSR count). The lowest BCUT2D eigenvalue weighted by molar-refractivity contribution is -0.174. The molecule has 0 bridgehead atoms. The van der Waals surface area contributed by atoms with E-state index in [9.17, 15) is 28.8 Å². The van der Waals surface area contributed by atoms with E-state index in [0.29, 0.717) is 0 Å². The van der Waals surface area contributed by atoms with Gasteiger partial charge in [0.15, 0.2) is 12.2 Å². The summed E-state index contributed by atoms with van der Waals surface area (Å²) in [5.74, 6) is -9.05. The first-order valence-corrected chi connectivity index (χ1v) is 6.45. The molecule has 3 unspecified atom stereocenters. The SMILES string of the molecule is O=C(O)CC(O)C(=O)O.O=C(O)CC(O)C(=O)OC(CC(=O)O)C(=O)O. The molecular formula is C12H16O14. The van der Waals surface area contributed by atoms with Crippen LogP contribution in [-0.2, 0) is 33.5 Å². The third kappa shape index (κ3) is 13.2. The van der Waals surface area contributed by atoms with E-state index in [0.717, 1.165) is 0 Å². The Hall–Kier alpha value is -3.26. The third-order valence-electron chi connectivity index (χ3n) is 2.19. The van der Waals surface area contributed by atoms with Gasteiger partial charge in [-0.3, -0.25) is 14.4 Å². The van der Waals surface area contributed by atoms with Gasteiger partial charge in [-0.15, -0.1) is 0 Å². The van der Waals surface area contributed by atoms with Crippen molar-refractivity contribution in [2.75, 3.05) is 0 Å². The van der Waals surface area contributed by atoms with Crippen LogP contribution in [0.1, 0.15) is 19.3 Å². The predicted molar refractivity (Wildman–Crippen MR) is 73.9 cm³/mol. The first kappa shape index (κ1) is 25.0. The molecule has 0 radical (unpaired) electrons. The number of carboxylic acids is 5. The van der Waals surface area contributed by atoms with Crippen molar-refractivity contribution in [2.45, 2.75) is 37.6 Å². The van der Waals surface area contributed by atoms with Crippen molar-refractivity contribution >= 4 is 35.8 Å². The Balaban J connectivity index is 0. The zero-order valence-electron chi connectivity index (χ0n) is 12.8. The Kier molecular flexibility index (Phi) is 11.7. The number of rotatable bonds is 10. The van der Waals surface area contributed by atoms with Crippen molar-refractivity contribution in [2.24, 2.45) is 0 Å². The van der Waals surface area contributed by atoms with Gasteiger partial charge in [0.05, 0.1) is 19.3 Å². The van der Waals surface area contributed by atoms with E-state index in [2.05, 4.69) is 4.74 Å².